The number of esters is 1. The van der Waals surface area contributed by atoms with E-state index in [9.17, 15) is 4.79 Å². The Kier molecular flexibility index (Phi) is 4.05. The van der Waals surface area contributed by atoms with Gasteiger partial charge in [-0.05, 0) is 12.1 Å². The summed E-state index contributed by atoms with van der Waals surface area (Å²) < 4.78 is 4.78. The molecule has 1 rings (SSSR count). The average Bonchev–Trinajstić information content (AvgIpc) is 2.11. The number of carbonyl (C=O) groups is 1. The maximum absolute atomic E-state index is 10.6. The van der Waals surface area contributed by atoms with Gasteiger partial charge < -0.3 is 4.74 Å². The molecular weight excluding hydrogens is 246 g/mol. The first-order chi connectivity index (χ1) is 6.52. The molecule has 0 fully saturated rings. The average molecular weight is 254 g/mol. The highest BCUT2D eigenvalue weighted by Crippen LogP contribution is 2.31. The molecule has 0 heterocycles. The van der Waals surface area contributed by atoms with Crippen LogP contribution in [0.4, 0.5) is 0 Å². The maximum atomic E-state index is 10.6. The molecule has 14 heavy (non-hydrogen) atoms. The van der Waals surface area contributed by atoms with Gasteiger partial charge in [-0.1, -0.05) is 34.8 Å². The van der Waals surface area contributed by atoms with E-state index < -0.39 is 5.97 Å². The fraction of sp³-hybridized carbons (Fsp3) is 0.222. The molecule has 0 aliphatic carbocycles. The van der Waals surface area contributed by atoms with Crippen molar-refractivity contribution < 1.29 is 9.53 Å². The Labute approximate surface area is 96.7 Å². The number of carbonyl (C=O) groups excluding carboxylic acids is 1. The SMILES string of the molecule is CC(=O)OCc1c(Cl)ccc(Cl)c1Cl. The fourth-order valence-corrected chi connectivity index (χ4v) is 1.53. The van der Waals surface area contributed by atoms with Gasteiger partial charge in [-0.2, -0.15) is 0 Å². The van der Waals surface area contributed by atoms with Crippen LogP contribution in [0.2, 0.25) is 15.1 Å². The lowest BCUT2D eigenvalue weighted by Crippen LogP contribution is -2.00. The molecule has 0 amide bonds. The van der Waals surface area contributed by atoms with Gasteiger partial charge in [-0.25, -0.2) is 0 Å². The first-order valence-corrected chi connectivity index (χ1v) is 4.91. The maximum Gasteiger partial charge on any atom is 0.302 e. The Hall–Kier alpha value is -0.440. The first-order valence-electron chi connectivity index (χ1n) is 3.78. The normalized spacial score (nSPS) is 10.0. The molecule has 0 atom stereocenters. The zero-order valence-corrected chi connectivity index (χ0v) is 9.58. The molecule has 0 saturated heterocycles. The minimum atomic E-state index is -0.392. The summed E-state index contributed by atoms with van der Waals surface area (Å²) in [5.41, 5.74) is 0.524. The molecule has 0 unspecified atom stereocenters. The monoisotopic (exact) mass is 252 g/mol. The molecule has 0 radical (unpaired) electrons. The number of benzene rings is 1. The van der Waals surface area contributed by atoms with Crippen LogP contribution in [0.3, 0.4) is 0 Å². The summed E-state index contributed by atoms with van der Waals surface area (Å²) in [6.07, 6.45) is 0. The lowest BCUT2D eigenvalue weighted by Gasteiger charge is -2.07. The van der Waals surface area contributed by atoms with Crippen molar-refractivity contribution in [2.45, 2.75) is 13.5 Å². The van der Waals surface area contributed by atoms with Gasteiger partial charge in [0.05, 0.1) is 10.0 Å². The molecule has 1 aromatic carbocycles. The molecule has 0 spiro atoms. The van der Waals surface area contributed by atoms with Crippen LogP contribution in [-0.2, 0) is 16.1 Å². The van der Waals surface area contributed by atoms with Gasteiger partial charge in [0.2, 0.25) is 0 Å². The van der Waals surface area contributed by atoms with Gasteiger partial charge in [0, 0.05) is 17.5 Å². The van der Waals surface area contributed by atoms with Gasteiger partial charge in [0.1, 0.15) is 6.61 Å². The molecule has 0 aliphatic rings. The quantitative estimate of drug-likeness (QED) is 0.593. The Morgan fingerprint density at radius 3 is 2.43 bits per heavy atom. The van der Waals surface area contributed by atoms with E-state index in [1.165, 1.54) is 6.92 Å². The smallest absolute Gasteiger partial charge is 0.302 e. The summed E-state index contributed by atoms with van der Waals surface area (Å²) >= 11 is 17.5. The predicted octanol–water partition coefficient (Wildman–Crippen LogP) is 3.71. The van der Waals surface area contributed by atoms with Crippen molar-refractivity contribution in [3.8, 4) is 0 Å². The zero-order chi connectivity index (χ0) is 10.7. The van der Waals surface area contributed by atoms with Gasteiger partial charge >= 0.3 is 5.97 Å². The van der Waals surface area contributed by atoms with Crippen LogP contribution in [0.1, 0.15) is 12.5 Å². The van der Waals surface area contributed by atoms with Gasteiger partial charge in [-0.3, -0.25) is 4.79 Å². The van der Waals surface area contributed by atoms with Crippen molar-refractivity contribution >= 4 is 40.8 Å². The van der Waals surface area contributed by atoms with E-state index in [-0.39, 0.29) is 6.61 Å². The minimum Gasteiger partial charge on any atom is -0.461 e. The highest BCUT2D eigenvalue weighted by molar-refractivity contribution is 6.44. The Morgan fingerprint density at radius 2 is 1.86 bits per heavy atom. The van der Waals surface area contributed by atoms with Crippen molar-refractivity contribution in [3.63, 3.8) is 0 Å². The number of ether oxygens (including phenoxy) is 1. The van der Waals surface area contributed by atoms with Crippen molar-refractivity contribution in [1.82, 2.24) is 0 Å². The van der Waals surface area contributed by atoms with Crippen molar-refractivity contribution in [1.29, 1.82) is 0 Å². The lowest BCUT2D eigenvalue weighted by atomic mass is 10.2. The number of hydrogen-bond acceptors (Lipinski definition) is 2. The fourth-order valence-electron chi connectivity index (χ4n) is 0.875. The highest BCUT2D eigenvalue weighted by atomic mass is 35.5. The second kappa shape index (κ2) is 4.87. The summed E-state index contributed by atoms with van der Waals surface area (Å²) in [6.45, 7) is 1.35. The molecule has 0 aromatic heterocycles. The molecule has 0 bridgehead atoms. The molecule has 0 N–H and O–H groups in total. The zero-order valence-electron chi connectivity index (χ0n) is 7.31. The predicted molar refractivity (Wildman–Crippen MR) is 56.9 cm³/mol. The van der Waals surface area contributed by atoms with E-state index in [1.54, 1.807) is 12.1 Å². The molecular formula is C9H7Cl3O2. The number of halogens is 3. The van der Waals surface area contributed by atoms with Crippen LogP contribution in [-0.4, -0.2) is 5.97 Å². The topological polar surface area (TPSA) is 26.3 Å². The molecule has 2 nitrogen and oxygen atoms in total. The minimum absolute atomic E-state index is 0.0353. The first kappa shape index (κ1) is 11.6. The second-order valence-electron chi connectivity index (χ2n) is 2.60. The molecule has 5 heteroatoms. The number of hydrogen-bond donors (Lipinski definition) is 0. The molecule has 0 saturated carbocycles. The van der Waals surface area contributed by atoms with Crippen molar-refractivity contribution in [2.75, 3.05) is 0 Å². The van der Waals surface area contributed by atoms with Gasteiger partial charge in [0.15, 0.2) is 0 Å². The summed E-state index contributed by atoms with van der Waals surface area (Å²) in [4.78, 5) is 10.6. The van der Waals surface area contributed by atoms with E-state index in [0.29, 0.717) is 20.6 Å². The van der Waals surface area contributed by atoms with Crippen LogP contribution in [0.5, 0.6) is 0 Å². The lowest BCUT2D eigenvalue weighted by molar-refractivity contribution is -0.142. The number of rotatable bonds is 2. The van der Waals surface area contributed by atoms with Crippen molar-refractivity contribution in [2.24, 2.45) is 0 Å². The Balaban J connectivity index is 2.95. The van der Waals surface area contributed by atoms with Crippen LogP contribution >= 0.6 is 34.8 Å². The Morgan fingerprint density at radius 1 is 1.29 bits per heavy atom. The van der Waals surface area contributed by atoms with E-state index >= 15 is 0 Å². The van der Waals surface area contributed by atoms with E-state index in [2.05, 4.69) is 0 Å². The van der Waals surface area contributed by atoms with Crippen LogP contribution in [0, 0.1) is 0 Å². The molecule has 1 aromatic rings. The second-order valence-corrected chi connectivity index (χ2v) is 3.79. The van der Waals surface area contributed by atoms with E-state index in [4.69, 9.17) is 39.5 Å². The van der Waals surface area contributed by atoms with Crippen LogP contribution < -0.4 is 0 Å². The summed E-state index contributed by atoms with van der Waals surface area (Å²) in [5.74, 6) is -0.392. The summed E-state index contributed by atoms with van der Waals surface area (Å²) in [7, 11) is 0. The standard InChI is InChI=1S/C9H7Cl3O2/c1-5(13)14-4-6-7(10)2-3-8(11)9(6)12/h2-3H,4H2,1H3. The van der Waals surface area contributed by atoms with Gasteiger partial charge in [0.25, 0.3) is 0 Å². The van der Waals surface area contributed by atoms with Gasteiger partial charge in [-0.15, -0.1) is 0 Å². The van der Waals surface area contributed by atoms with E-state index in [0.717, 1.165) is 0 Å². The molecule has 76 valence electrons. The Bertz CT molecular complexity index is 363. The highest BCUT2D eigenvalue weighted by Gasteiger charge is 2.10. The van der Waals surface area contributed by atoms with Crippen LogP contribution in [0.25, 0.3) is 0 Å². The van der Waals surface area contributed by atoms with Crippen molar-refractivity contribution in [3.05, 3.63) is 32.8 Å². The summed E-state index contributed by atoms with van der Waals surface area (Å²) in [5, 5.41) is 1.14. The molecule has 0 aliphatic heterocycles. The summed E-state index contributed by atoms with van der Waals surface area (Å²) in [6, 6.07) is 3.19. The largest absolute Gasteiger partial charge is 0.461 e. The van der Waals surface area contributed by atoms with Crippen LogP contribution in [0.15, 0.2) is 12.1 Å². The third kappa shape index (κ3) is 2.77. The van der Waals surface area contributed by atoms with E-state index in [1.807, 2.05) is 0 Å². The third-order valence-electron chi connectivity index (χ3n) is 1.56. The third-order valence-corrected chi connectivity index (χ3v) is 2.76.